The quantitative estimate of drug-likeness (QED) is 0.683. The molecule has 0 unspecified atom stereocenters. The third-order valence-corrected chi connectivity index (χ3v) is 3.00. The van der Waals surface area contributed by atoms with Crippen molar-refractivity contribution >= 4 is 0 Å². The van der Waals surface area contributed by atoms with Crippen LogP contribution in [0.3, 0.4) is 0 Å². The Balaban J connectivity index is 2.51. The van der Waals surface area contributed by atoms with Crippen molar-refractivity contribution in [2.24, 2.45) is 0 Å². The molecule has 0 N–H and O–H groups in total. The maximum Gasteiger partial charge on any atom is -0.0152 e. The molecule has 0 saturated carbocycles. The molecule has 16 heavy (non-hydrogen) atoms. The lowest BCUT2D eigenvalue weighted by Crippen LogP contribution is -1.89. The van der Waals surface area contributed by atoms with E-state index in [9.17, 15) is 0 Å². The summed E-state index contributed by atoms with van der Waals surface area (Å²) in [6.07, 6.45) is 1.09. The minimum Gasteiger partial charge on any atom is -0.0613 e. The van der Waals surface area contributed by atoms with Crippen LogP contribution < -0.4 is 0 Å². The van der Waals surface area contributed by atoms with E-state index in [2.05, 4.69) is 63.2 Å². The first kappa shape index (κ1) is 10.9. The molecule has 0 amide bonds. The van der Waals surface area contributed by atoms with Gasteiger partial charge < -0.3 is 0 Å². The minimum atomic E-state index is 1.09. The van der Waals surface area contributed by atoms with Crippen molar-refractivity contribution in [2.75, 3.05) is 0 Å². The van der Waals surface area contributed by atoms with Crippen LogP contribution in [0, 0.1) is 13.8 Å². The second-order valence-corrected chi connectivity index (χ2v) is 4.38. The fraction of sp³-hybridized carbons (Fsp3) is 0.250. The van der Waals surface area contributed by atoms with Crippen molar-refractivity contribution < 1.29 is 0 Å². The van der Waals surface area contributed by atoms with E-state index in [-0.39, 0.29) is 0 Å². The van der Waals surface area contributed by atoms with Crippen LogP contribution in [0.5, 0.6) is 0 Å². The first-order valence-corrected chi connectivity index (χ1v) is 5.87. The molecular weight excluding hydrogens is 192 g/mol. The molecule has 0 heterocycles. The summed E-state index contributed by atoms with van der Waals surface area (Å²) in [6, 6.07) is 15.5. The second-order valence-electron chi connectivity index (χ2n) is 4.38. The van der Waals surface area contributed by atoms with Gasteiger partial charge in [-0.25, -0.2) is 0 Å². The number of rotatable bonds is 2. The smallest absolute Gasteiger partial charge is 0.0152 e. The van der Waals surface area contributed by atoms with Gasteiger partial charge in [0.1, 0.15) is 0 Å². The second kappa shape index (κ2) is 4.52. The SMILES string of the molecule is CCc1cc(C)ccc1-c1ccc(C)cc1. The molecular formula is C16H18. The summed E-state index contributed by atoms with van der Waals surface area (Å²) in [5, 5.41) is 0. The Bertz CT molecular complexity index is 478. The van der Waals surface area contributed by atoms with E-state index in [1.54, 1.807) is 0 Å². The molecule has 82 valence electrons. The highest BCUT2D eigenvalue weighted by Gasteiger charge is 2.03. The van der Waals surface area contributed by atoms with Crippen molar-refractivity contribution in [3.63, 3.8) is 0 Å². The largest absolute Gasteiger partial charge is 0.0613 e. The third kappa shape index (κ3) is 2.16. The van der Waals surface area contributed by atoms with Crippen molar-refractivity contribution in [1.29, 1.82) is 0 Å². The van der Waals surface area contributed by atoms with Gasteiger partial charge in [0, 0.05) is 0 Å². The summed E-state index contributed by atoms with van der Waals surface area (Å²) in [6.45, 7) is 6.49. The van der Waals surface area contributed by atoms with E-state index in [1.807, 2.05) is 0 Å². The molecule has 0 bridgehead atoms. The highest BCUT2D eigenvalue weighted by molar-refractivity contribution is 5.68. The fourth-order valence-corrected chi connectivity index (χ4v) is 2.03. The molecule has 0 saturated heterocycles. The standard InChI is InChI=1S/C16H18/c1-4-14-11-13(3)7-10-16(14)15-8-5-12(2)6-9-15/h5-11H,4H2,1-3H3. The summed E-state index contributed by atoms with van der Waals surface area (Å²) in [4.78, 5) is 0. The molecule has 2 rings (SSSR count). The van der Waals surface area contributed by atoms with Gasteiger partial charge >= 0.3 is 0 Å². The van der Waals surface area contributed by atoms with E-state index in [1.165, 1.54) is 27.8 Å². The summed E-state index contributed by atoms with van der Waals surface area (Å²) in [5.74, 6) is 0. The normalized spacial score (nSPS) is 10.4. The van der Waals surface area contributed by atoms with Gasteiger partial charge in [-0.2, -0.15) is 0 Å². The molecule has 0 aliphatic heterocycles. The van der Waals surface area contributed by atoms with Crippen LogP contribution in [0.4, 0.5) is 0 Å². The Kier molecular flexibility index (Phi) is 3.09. The van der Waals surface area contributed by atoms with Crippen LogP contribution in [0.25, 0.3) is 11.1 Å². The van der Waals surface area contributed by atoms with Gasteiger partial charge in [0.05, 0.1) is 0 Å². The lowest BCUT2D eigenvalue weighted by molar-refractivity contribution is 1.13. The Hall–Kier alpha value is -1.56. The number of hydrogen-bond acceptors (Lipinski definition) is 0. The van der Waals surface area contributed by atoms with Gasteiger partial charge in [0.2, 0.25) is 0 Å². The predicted molar refractivity (Wildman–Crippen MR) is 70.7 cm³/mol. The van der Waals surface area contributed by atoms with E-state index < -0.39 is 0 Å². The number of hydrogen-bond donors (Lipinski definition) is 0. The van der Waals surface area contributed by atoms with Gasteiger partial charge in [0.25, 0.3) is 0 Å². The monoisotopic (exact) mass is 210 g/mol. The highest BCUT2D eigenvalue weighted by atomic mass is 14.1. The van der Waals surface area contributed by atoms with Crippen LogP contribution in [0.2, 0.25) is 0 Å². The molecule has 2 aromatic carbocycles. The zero-order valence-corrected chi connectivity index (χ0v) is 10.2. The van der Waals surface area contributed by atoms with Gasteiger partial charge in [-0.1, -0.05) is 60.5 Å². The van der Waals surface area contributed by atoms with Crippen molar-refractivity contribution in [3.8, 4) is 11.1 Å². The van der Waals surface area contributed by atoms with Gasteiger partial charge in [0.15, 0.2) is 0 Å². The van der Waals surface area contributed by atoms with E-state index >= 15 is 0 Å². The van der Waals surface area contributed by atoms with Crippen LogP contribution >= 0.6 is 0 Å². The molecule has 0 radical (unpaired) electrons. The average molecular weight is 210 g/mol. The minimum absolute atomic E-state index is 1.09. The van der Waals surface area contributed by atoms with Gasteiger partial charge in [-0.15, -0.1) is 0 Å². The average Bonchev–Trinajstić information content (AvgIpc) is 2.30. The molecule has 0 spiro atoms. The Morgan fingerprint density at radius 3 is 2.06 bits per heavy atom. The maximum atomic E-state index is 2.29. The van der Waals surface area contributed by atoms with Gasteiger partial charge in [-0.05, 0) is 37.0 Å². The summed E-state index contributed by atoms with van der Waals surface area (Å²) in [7, 11) is 0. The van der Waals surface area contributed by atoms with Crippen LogP contribution in [0.1, 0.15) is 23.6 Å². The number of aryl methyl sites for hydroxylation is 3. The molecule has 0 aliphatic rings. The predicted octanol–water partition coefficient (Wildman–Crippen LogP) is 4.53. The molecule has 0 aromatic heterocycles. The maximum absolute atomic E-state index is 2.29. The van der Waals surface area contributed by atoms with Crippen LogP contribution in [-0.2, 0) is 6.42 Å². The molecule has 0 aliphatic carbocycles. The number of benzene rings is 2. The molecule has 0 heteroatoms. The van der Waals surface area contributed by atoms with E-state index in [4.69, 9.17) is 0 Å². The molecule has 0 atom stereocenters. The summed E-state index contributed by atoms with van der Waals surface area (Å²) >= 11 is 0. The zero-order valence-electron chi connectivity index (χ0n) is 10.2. The third-order valence-electron chi connectivity index (χ3n) is 3.00. The van der Waals surface area contributed by atoms with Crippen molar-refractivity contribution in [3.05, 3.63) is 59.2 Å². The summed E-state index contributed by atoms with van der Waals surface area (Å²) < 4.78 is 0. The summed E-state index contributed by atoms with van der Waals surface area (Å²) in [5.41, 5.74) is 6.78. The Morgan fingerprint density at radius 2 is 1.44 bits per heavy atom. The lowest BCUT2D eigenvalue weighted by Gasteiger charge is -2.09. The first-order chi connectivity index (χ1) is 7.70. The fourth-order valence-electron chi connectivity index (χ4n) is 2.03. The van der Waals surface area contributed by atoms with Crippen molar-refractivity contribution in [1.82, 2.24) is 0 Å². The highest BCUT2D eigenvalue weighted by Crippen LogP contribution is 2.25. The molecule has 0 nitrogen and oxygen atoms in total. The lowest BCUT2D eigenvalue weighted by atomic mass is 9.96. The zero-order chi connectivity index (χ0) is 11.5. The van der Waals surface area contributed by atoms with Crippen molar-refractivity contribution in [2.45, 2.75) is 27.2 Å². The van der Waals surface area contributed by atoms with Gasteiger partial charge in [-0.3, -0.25) is 0 Å². The van der Waals surface area contributed by atoms with E-state index in [0.717, 1.165) is 6.42 Å². The Labute approximate surface area is 97.9 Å². The van der Waals surface area contributed by atoms with E-state index in [0.29, 0.717) is 0 Å². The molecule has 0 fully saturated rings. The van der Waals surface area contributed by atoms with Crippen LogP contribution in [-0.4, -0.2) is 0 Å². The first-order valence-electron chi connectivity index (χ1n) is 5.87. The van der Waals surface area contributed by atoms with Crippen LogP contribution in [0.15, 0.2) is 42.5 Å². The Morgan fingerprint density at radius 1 is 0.812 bits per heavy atom. The topological polar surface area (TPSA) is 0 Å². The molecule has 2 aromatic rings.